The molecule has 1 aromatic heterocycles. The van der Waals surface area contributed by atoms with Gasteiger partial charge in [-0.05, 0) is 38.5 Å². The quantitative estimate of drug-likeness (QED) is 0.899. The fourth-order valence-electron chi connectivity index (χ4n) is 1.74. The van der Waals surface area contributed by atoms with Gasteiger partial charge in [0, 0.05) is 7.05 Å². The molecule has 0 bridgehead atoms. The van der Waals surface area contributed by atoms with Gasteiger partial charge >= 0.3 is 0 Å². The van der Waals surface area contributed by atoms with E-state index < -0.39 is 0 Å². The molecule has 0 fully saturated rings. The van der Waals surface area contributed by atoms with Gasteiger partial charge in [-0.3, -0.25) is 0 Å². The van der Waals surface area contributed by atoms with Crippen LogP contribution < -0.4 is 10.1 Å². The van der Waals surface area contributed by atoms with Crippen LogP contribution in [0.1, 0.15) is 17.0 Å². The molecule has 0 aliphatic carbocycles. The number of nitrogens with one attached hydrogen (secondary N) is 1. The largest absolute Gasteiger partial charge is 0.439 e. The molecule has 0 radical (unpaired) electrons. The Hall–Kier alpha value is -2.10. The van der Waals surface area contributed by atoms with Crippen molar-refractivity contribution in [2.24, 2.45) is 0 Å². The molecule has 4 nitrogen and oxygen atoms in total. The zero-order chi connectivity index (χ0) is 13.1. The molecule has 1 aromatic carbocycles. The molecule has 0 saturated heterocycles. The summed E-state index contributed by atoms with van der Waals surface area (Å²) in [7, 11) is 1.84. The first-order valence-corrected chi connectivity index (χ1v) is 5.87. The Balaban J connectivity index is 2.37. The van der Waals surface area contributed by atoms with Gasteiger partial charge in [0.1, 0.15) is 17.4 Å². The van der Waals surface area contributed by atoms with Crippen molar-refractivity contribution in [3.63, 3.8) is 0 Å². The van der Waals surface area contributed by atoms with E-state index in [1.165, 1.54) is 0 Å². The molecule has 0 aliphatic heterocycles. The highest BCUT2D eigenvalue weighted by molar-refractivity contribution is 5.49. The molecule has 0 saturated carbocycles. The van der Waals surface area contributed by atoms with E-state index >= 15 is 0 Å². The molecule has 0 aliphatic rings. The fraction of sp³-hybridized carbons (Fsp3) is 0.286. The van der Waals surface area contributed by atoms with Crippen molar-refractivity contribution >= 4 is 5.82 Å². The predicted octanol–water partition coefficient (Wildman–Crippen LogP) is 3.24. The predicted molar refractivity (Wildman–Crippen MR) is 72.3 cm³/mol. The summed E-state index contributed by atoms with van der Waals surface area (Å²) in [5.74, 6) is 2.87. The van der Waals surface area contributed by atoms with Crippen molar-refractivity contribution in [2.75, 3.05) is 12.4 Å². The number of nitrogens with zero attached hydrogens (tertiary/aromatic N) is 2. The van der Waals surface area contributed by atoms with Crippen LogP contribution in [0.3, 0.4) is 0 Å². The summed E-state index contributed by atoms with van der Waals surface area (Å²) < 4.78 is 5.82. The van der Waals surface area contributed by atoms with Crippen molar-refractivity contribution in [1.82, 2.24) is 9.97 Å². The Morgan fingerprint density at radius 1 is 1.11 bits per heavy atom. The first kappa shape index (κ1) is 12.4. The van der Waals surface area contributed by atoms with Crippen molar-refractivity contribution in [3.05, 3.63) is 41.2 Å². The Bertz CT molecular complexity index is 567. The van der Waals surface area contributed by atoms with Gasteiger partial charge in [-0.2, -0.15) is 4.98 Å². The van der Waals surface area contributed by atoms with Crippen molar-refractivity contribution in [2.45, 2.75) is 20.8 Å². The Kier molecular flexibility index (Phi) is 3.46. The van der Waals surface area contributed by atoms with E-state index in [4.69, 9.17) is 4.74 Å². The summed E-state index contributed by atoms with van der Waals surface area (Å²) in [6.45, 7) is 5.82. The van der Waals surface area contributed by atoms with Crippen molar-refractivity contribution in [1.29, 1.82) is 0 Å². The highest BCUT2D eigenvalue weighted by Crippen LogP contribution is 2.27. The normalized spacial score (nSPS) is 10.2. The minimum Gasteiger partial charge on any atom is -0.439 e. The Morgan fingerprint density at radius 3 is 2.56 bits per heavy atom. The minimum atomic E-state index is 0.595. The lowest BCUT2D eigenvalue weighted by atomic mass is 10.2. The first-order chi connectivity index (χ1) is 8.60. The Labute approximate surface area is 107 Å². The summed E-state index contributed by atoms with van der Waals surface area (Å²) in [5, 5.41) is 3.04. The zero-order valence-electron chi connectivity index (χ0n) is 11.1. The molecule has 0 atom stereocenters. The second-order valence-corrected chi connectivity index (χ2v) is 4.22. The summed E-state index contributed by atoms with van der Waals surface area (Å²) in [5.41, 5.74) is 2.06. The van der Waals surface area contributed by atoms with Crippen LogP contribution in [-0.2, 0) is 0 Å². The SMILES string of the molecule is CNc1nc(C)nc(Oc2cccc(C)c2)c1C. The molecule has 0 amide bonds. The van der Waals surface area contributed by atoms with E-state index in [1.54, 1.807) is 0 Å². The van der Waals surface area contributed by atoms with Crippen LogP contribution in [0.5, 0.6) is 11.6 Å². The van der Waals surface area contributed by atoms with E-state index in [2.05, 4.69) is 15.3 Å². The van der Waals surface area contributed by atoms with Crippen LogP contribution in [0.4, 0.5) is 5.82 Å². The molecule has 2 rings (SSSR count). The topological polar surface area (TPSA) is 47.0 Å². The van der Waals surface area contributed by atoms with Crippen LogP contribution in [0.25, 0.3) is 0 Å². The third-order valence-electron chi connectivity index (χ3n) is 2.65. The lowest BCUT2D eigenvalue weighted by molar-refractivity contribution is 0.456. The first-order valence-electron chi connectivity index (χ1n) is 5.87. The van der Waals surface area contributed by atoms with Gasteiger partial charge in [0.2, 0.25) is 5.88 Å². The van der Waals surface area contributed by atoms with E-state index in [1.807, 2.05) is 52.1 Å². The van der Waals surface area contributed by atoms with Gasteiger partial charge in [0.05, 0.1) is 5.56 Å². The maximum Gasteiger partial charge on any atom is 0.227 e. The number of benzene rings is 1. The average molecular weight is 243 g/mol. The molecule has 0 unspecified atom stereocenters. The van der Waals surface area contributed by atoms with Gasteiger partial charge in [0.25, 0.3) is 0 Å². The molecular formula is C14H17N3O. The summed E-state index contributed by atoms with van der Waals surface area (Å²) in [4.78, 5) is 8.64. The van der Waals surface area contributed by atoms with E-state index in [0.717, 1.165) is 22.7 Å². The summed E-state index contributed by atoms with van der Waals surface area (Å²) >= 11 is 0. The smallest absolute Gasteiger partial charge is 0.227 e. The van der Waals surface area contributed by atoms with Gasteiger partial charge in [-0.1, -0.05) is 12.1 Å². The highest BCUT2D eigenvalue weighted by Gasteiger charge is 2.10. The van der Waals surface area contributed by atoms with Crippen LogP contribution in [-0.4, -0.2) is 17.0 Å². The third kappa shape index (κ3) is 2.59. The van der Waals surface area contributed by atoms with Gasteiger partial charge < -0.3 is 10.1 Å². The number of aryl methyl sites for hydroxylation is 2. The van der Waals surface area contributed by atoms with E-state index in [9.17, 15) is 0 Å². The number of ether oxygens (including phenoxy) is 1. The lowest BCUT2D eigenvalue weighted by Gasteiger charge is -2.11. The van der Waals surface area contributed by atoms with E-state index in [-0.39, 0.29) is 0 Å². The van der Waals surface area contributed by atoms with Crippen LogP contribution in [0, 0.1) is 20.8 Å². The molecule has 1 heterocycles. The average Bonchev–Trinajstić information content (AvgIpc) is 2.33. The molecule has 1 N–H and O–H groups in total. The monoisotopic (exact) mass is 243 g/mol. The lowest BCUT2D eigenvalue weighted by Crippen LogP contribution is -2.02. The van der Waals surface area contributed by atoms with Crippen LogP contribution in [0.15, 0.2) is 24.3 Å². The van der Waals surface area contributed by atoms with E-state index in [0.29, 0.717) is 11.7 Å². The van der Waals surface area contributed by atoms with Gasteiger partial charge in [0.15, 0.2) is 0 Å². The second-order valence-electron chi connectivity index (χ2n) is 4.22. The number of aromatic nitrogens is 2. The summed E-state index contributed by atoms with van der Waals surface area (Å²) in [6.07, 6.45) is 0. The van der Waals surface area contributed by atoms with Gasteiger partial charge in [-0.25, -0.2) is 4.98 Å². The number of anilines is 1. The molecule has 94 valence electrons. The number of rotatable bonds is 3. The fourth-order valence-corrected chi connectivity index (χ4v) is 1.74. The van der Waals surface area contributed by atoms with Crippen molar-refractivity contribution < 1.29 is 4.74 Å². The second kappa shape index (κ2) is 5.04. The standard InChI is InChI=1S/C14H17N3O/c1-9-6-5-7-12(8-9)18-14-10(2)13(15-4)16-11(3)17-14/h5-8H,1-4H3,(H,15,16,17). The third-order valence-corrected chi connectivity index (χ3v) is 2.65. The van der Waals surface area contributed by atoms with Crippen LogP contribution >= 0.6 is 0 Å². The number of hydrogen-bond donors (Lipinski definition) is 1. The molecule has 0 spiro atoms. The molecular weight excluding hydrogens is 226 g/mol. The Morgan fingerprint density at radius 2 is 1.89 bits per heavy atom. The van der Waals surface area contributed by atoms with Crippen molar-refractivity contribution in [3.8, 4) is 11.6 Å². The summed E-state index contributed by atoms with van der Waals surface area (Å²) in [6, 6.07) is 7.90. The van der Waals surface area contributed by atoms with Crippen LogP contribution in [0.2, 0.25) is 0 Å². The minimum absolute atomic E-state index is 0.595. The highest BCUT2D eigenvalue weighted by atomic mass is 16.5. The molecule has 2 aromatic rings. The number of hydrogen-bond acceptors (Lipinski definition) is 4. The molecule has 18 heavy (non-hydrogen) atoms. The maximum atomic E-state index is 5.82. The maximum absolute atomic E-state index is 5.82. The molecule has 4 heteroatoms. The van der Waals surface area contributed by atoms with Gasteiger partial charge in [-0.15, -0.1) is 0 Å². The zero-order valence-corrected chi connectivity index (χ0v) is 11.1.